The van der Waals surface area contributed by atoms with Crippen LogP contribution in [0.4, 0.5) is 8.78 Å². The summed E-state index contributed by atoms with van der Waals surface area (Å²) in [5.41, 5.74) is 1.05. The van der Waals surface area contributed by atoms with Crippen LogP contribution in [0.25, 0.3) is 5.57 Å². The number of aromatic nitrogens is 1. The Balaban J connectivity index is 2.48. The quantitative estimate of drug-likeness (QED) is 0.844. The van der Waals surface area contributed by atoms with E-state index in [1.54, 1.807) is 18.2 Å². The molecule has 0 spiro atoms. The lowest BCUT2D eigenvalue weighted by Gasteiger charge is -2.09. The van der Waals surface area contributed by atoms with Crippen LogP contribution in [0, 0.1) is 11.6 Å². The molecule has 19 heavy (non-hydrogen) atoms. The molecule has 0 unspecified atom stereocenters. The van der Waals surface area contributed by atoms with Crippen molar-refractivity contribution < 1.29 is 13.5 Å². The number of nitrogens with zero attached hydrogens (tertiary/aromatic N) is 1. The molecule has 2 aromatic rings. The molecular weight excluding hydrogens is 316 g/mol. The van der Waals surface area contributed by atoms with Gasteiger partial charge < -0.3 is 4.74 Å². The summed E-state index contributed by atoms with van der Waals surface area (Å²) in [4.78, 5) is 3.72. The number of halogens is 3. The van der Waals surface area contributed by atoms with Gasteiger partial charge in [0.05, 0.1) is 7.11 Å². The number of methoxy groups -OCH3 is 1. The van der Waals surface area contributed by atoms with Crippen LogP contribution >= 0.6 is 15.9 Å². The summed E-state index contributed by atoms with van der Waals surface area (Å²) < 4.78 is 33.0. The van der Waals surface area contributed by atoms with Crippen LogP contribution in [-0.4, -0.2) is 12.1 Å². The Kier molecular flexibility index (Phi) is 3.95. The van der Waals surface area contributed by atoms with Gasteiger partial charge in [0.1, 0.15) is 0 Å². The number of hydrogen-bond acceptors (Lipinski definition) is 2. The van der Waals surface area contributed by atoms with Gasteiger partial charge in [0.15, 0.2) is 5.82 Å². The molecule has 0 N–H and O–H groups in total. The van der Waals surface area contributed by atoms with Crippen LogP contribution in [0.5, 0.6) is 5.88 Å². The molecule has 0 radical (unpaired) electrons. The SMILES string of the molecule is C=C(c1cccc(Br)c1)c1cnc(OC)c(F)c1F. The minimum atomic E-state index is -1.11. The highest BCUT2D eigenvalue weighted by atomic mass is 79.9. The van der Waals surface area contributed by atoms with E-state index in [0.29, 0.717) is 11.1 Å². The average molecular weight is 326 g/mol. The van der Waals surface area contributed by atoms with Gasteiger partial charge in [-0.15, -0.1) is 0 Å². The maximum absolute atomic E-state index is 13.9. The normalized spacial score (nSPS) is 10.3. The van der Waals surface area contributed by atoms with Gasteiger partial charge in [-0.1, -0.05) is 34.6 Å². The molecule has 5 heteroatoms. The number of ether oxygens (including phenoxy) is 1. The summed E-state index contributed by atoms with van der Waals surface area (Å²) in [6.45, 7) is 3.79. The van der Waals surface area contributed by atoms with Crippen molar-refractivity contribution in [2.24, 2.45) is 0 Å². The minimum Gasteiger partial charge on any atom is -0.479 e. The molecule has 0 fully saturated rings. The molecule has 0 amide bonds. The lowest BCUT2D eigenvalue weighted by Crippen LogP contribution is -2.00. The first kappa shape index (κ1) is 13.7. The molecule has 2 rings (SSSR count). The summed E-state index contributed by atoms with van der Waals surface area (Å²) in [5, 5.41) is 0. The molecular formula is C14H10BrF2NO. The first-order valence-corrected chi connectivity index (χ1v) is 6.17. The third-order valence-electron chi connectivity index (χ3n) is 2.62. The van der Waals surface area contributed by atoms with Gasteiger partial charge in [-0.05, 0) is 23.3 Å². The second-order valence-corrected chi connectivity index (χ2v) is 4.71. The number of hydrogen-bond donors (Lipinski definition) is 0. The van der Waals surface area contributed by atoms with Gasteiger partial charge >= 0.3 is 0 Å². The standard InChI is InChI=1S/C14H10BrF2NO/c1-8(9-4-3-5-10(15)6-9)11-7-18-14(19-2)13(17)12(11)16/h3-7H,1H2,2H3. The number of pyridine rings is 1. The molecule has 1 aromatic carbocycles. The van der Waals surface area contributed by atoms with E-state index in [1.165, 1.54) is 13.3 Å². The molecule has 0 saturated carbocycles. The summed E-state index contributed by atoms with van der Waals surface area (Å²) in [6, 6.07) is 7.15. The lowest BCUT2D eigenvalue weighted by atomic mass is 10.0. The van der Waals surface area contributed by atoms with Gasteiger partial charge in [-0.25, -0.2) is 9.37 Å². The van der Waals surface area contributed by atoms with E-state index in [9.17, 15) is 8.78 Å². The smallest absolute Gasteiger partial charge is 0.253 e. The summed E-state index contributed by atoms with van der Waals surface area (Å²) in [7, 11) is 1.23. The molecule has 0 aliphatic carbocycles. The van der Waals surface area contributed by atoms with E-state index in [-0.39, 0.29) is 11.4 Å². The van der Waals surface area contributed by atoms with Gasteiger partial charge in [0.25, 0.3) is 5.88 Å². The largest absolute Gasteiger partial charge is 0.479 e. The zero-order chi connectivity index (χ0) is 14.0. The average Bonchev–Trinajstić information content (AvgIpc) is 2.41. The number of rotatable bonds is 3. The molecule has 0 saturated heterocycles. The summed E-state index contributed by atoms with van der Waals surface area (Å²) in [6.07, 6.45) is 1.21. The van der Waals surface area contributed by atoms with Crippen LogP contribution in [-0.2, 0) is 0 Å². The molecule has 0 atom stereocenters. The highest BCUT2D eigenvalue weighted by Crippen LogP contribution is 2.28. The first-order valence-electron chi connectivity index (χ1n) is 5.37. The maximum atomic E-state index is 13.9. The second-order valence-electron chi connectivity index (χ2n) is 3.80. The molecule has 1 heterocycles. The van der Waals surface area contributed by atoms with Crippen LogP contribution < -0.4 is 4.74 Å². The van der Waals surface area contributed by atoms with Gasteiger partial charge in [0.2, 0.25) is 5.82 Å². The number of benzene rings is 1. The Morgan fingerprint density at radius 3 is 2.68 bits per heavy atom. The van der Waals surface area contributed by atoms with Gasteiger partial charge in [-0.3, -0.25) is 0 Å². The Labute approximate surface area is 117 Å². The molecule has 2 nitrogen and oxygen atoms in total. The van der Waals surface area contributed by atoms with Crippen molar-refractivity contribution >= 4 is 21.5 Å². The Bertz CT molecular complexity index is 643. The highest BCUT2D eigenvalue weighted by Gasteiger charge is 2.18. The fourth-order valence-corrected chi connectivity index (χ4v) is 2.03. The van der Waals surface area contributed by atoms with Crippen molar-refractivity contribution in [3.8, 4) is 5.88 Å². The van der Waals surface area contributed by atoms with Crippen molar-refractivity contribution in [1.29, 1.82) is 0 Å². The molecule has 0 bridgehead atoms. The zero-order valence-electron chi connectivity index (χ0n) is 10.1. The fraction of sp³-hybridized carbons (Fsp3) is 0.0714. The predicted molar refractivity (Wildman–Crippen MR) is 73.0 cm³/mol. The summed E-state index contributed by atoms with van der Waals surface area (Å²) >= 11 is 3.31. The van der Waals surface area contributed by atoms with Crippen molar-refractivity contribution in [3.05, 3.63) is 64.3 Å². The molecule has 0 aliphatic heterocycles. The third-order valence-corrected chi connectivity index (χ3v) is 3.11. The Morgan fingerprint density at radius 2 is 2.05 bits per heavy atom. The van der Waals surface area contributed by atoms with Crippen LogP contribution in [0.2, 0.25) is 0 Å². The van der Waals surface area contributed by atoms with Crippen LogP contribution in [0.3, 0.4) is 0 Å². The van der Waals surface area contributed by atoms with Gasteiger partial charge in [-0.2, -0.15) is 4.39 Å². The third kappa shape index (κ3) is 2.66. The predicted octanol–water partition coefficient (Wildman–Crippen LogP) is 4.19. The Hall–Kier alpha value is -1.75. The zero-order valence-corrected chi connectivity index (χ0v) is 11.7. The topological polar surface area (TPSA) is 22.1 Å². The van der Waals surface area contributed by atoms with E-state index in [1.807, 2.05) is 6.07 Å². The van der Waals surface area contributed by atoms with Crippen molar-refractivity contribution in [2.45, 2.75) is 0 Å². The molecule has 1 aromatic heterocycles. The van der Waals surface area contributed by atoms with Gasteiger partial charge in [0, 0.05) is 16.2 Å². The van der Waals surface area contributed by atoms with Crippen molar-refractivity contribution in [3.63, 3.8) is 0 Å². The van der Waals surface area contributed by atoms with E-state index < -0.39 is 11.6 Å². The van der Waals surface area contributed by atoms with Crippen molar-refractivity contribution in [2.75, 3.05) is 7.11 Å². The van der Waals surface area contributed by atoms with Crippen molar-refractivity contribution in [1.82, 2.24) is 4.98 Å². The lowest BCUT2D eigenvalue weighted by molar-refractivity contribution is 0.354. The highest BCUT2D eigenvalue weighted by molar-refractivity contribution is 9.10. The van der Waals surface area contributed by atoms with E-state index >= 15 is 0 Å². The monoisotopic (exact) mass is 325 g/mol. The van der Waals surface area contributed by atoms with E-state index in [4.69, 9.17) is 0 Å². The van der Waals surface area contributed by atoms with E-state index in [0.717, 1.165) is 4.47 Å². The maximum Gasteiger partial charge on any atom is 0.253 e. The second kappa shape index (κ2) is 5.48. The van der Waals surface area contributed by atoms with Crippen LogP contribution in [0.1, 0.15) is 11.1 Å². The van der Waals surface area contributed by atoms with E-state index in [2.05, 4.69) is 32.2 Å². The fourth-order valence-electron chi connectivity index (χ4n) is 1.63. The first-order chi connectivity index (χ1) is 9.04. The molecule has 0 aliphatic rings. The Morgan fingerprint density at radius 1 is 1.32 bits per heavy atom. The minimum absolute atomic E-state index is 0.0106. The summed E-state index contributed by atoms with van der Waals surface area (Å²) in [5.74, 6) is -2.50. The molecule has 98 valence electrons. The van der Waals surface area contributed by atoms with Crippen LogP contribution in [0.15, 0.2) is 41.5 Å².